The van der Waals surface area contributed by atoms with Crippen LogP contribution in [-0.4, -0.2) is 25.0 Å². The van der Waals surface area contributed by atoms with E-state index in [0.717, 1.165) is 5.56 Å². The number of carbonyl (C=O) groups excluding carboxylic acids is 2. The lowest BCUT2D eigenvalue weighted by Crippen LogP contribution is -2.41. The summed E-state index contributed by atoms with van der Waals surface area (Å²) in [4.78, 5) is 23.9. The number of nitrogens with one attached hydrogen (secondary N) is 1. The van der Waals surface area contributed by atoms with E-state index in [1.165, 1.54) is 7.11 Å². The van der Waals surface area contributed by atoms with Gasteiger partial charge in [0.1, 0.15) is 6.04 Å². The Morgan fingerprint density at radius 2 is 2.04 bits per heavy atom. The quantitative estimate of drug-likeness (QED) is 0.363. The van der Waals surface area contributed by atoms with Crippen LogP contribution in [-0.2, 0) is 16.0 Å². The van der Waals surface area contributed by atoms with Gasteiger partial charge in [-0.3, -0.25) is 4.79 Å². The summed E-state index contributed by atoms with van der Waals surface area (Å²) in [7, 11) is 1.50. The highest BCUT2D eigenvalue weighted by Crippen LogP contribution is 2.28. The number of rotatable bonds is 7. The van der Waals surface area contributed by atoms with Crippen molar-refractivity contribution < 1.29 is 19.1 Å². The number of amides is 1. The largest absolute Gasteiger partial charge is 0.493 e. The molecule has 0 heterocycles. The minimum absolute atomic E-state index is 0.301. The molecule has 0 aromatic heterocycles. The Labute approximate surface area is 137 Å². The lowest BCUT2D eigenvalue weighted by atomic mass is 10.1. The van der Waals surface area contributed by atoms with Crippen LogP contribution in [0.3, 0.4) is 0 Å². The van der Waals surface area contributed by atoms with Gasteiger partial charge >= 0.3 is 5.97 Å². The van der Waals surface area contributed by atoms with Gasteiger partial charge in [0.05, 0.1) is 7.11 Å². The van der Waals surface area contributed by atoms with Crippen LogP contribution in [0.4, 0.5) is 0 Å². The van der Waals surface area contributed by atoms with Gasteiger partial charge in [-0.05, 0) is 44.9 Å². The smallest absolute Gasteiger partial charge is 0.333 e. The second-order valence-corrected chi connectivity index (χ2v) is 5.07. The van der Waals surface area contributed by atoms with Crippen LogP contribution < -0.4 is 14.8 Å². The van der Waals surface area contributed by atoms with E-state index >= 15 is 0 Å². The maximum Gasteiger partial charge on any atom is 0.333 e. The van der Waals surface area contributed by atoms with E-state index in [2.05, 4.69) is 11.9 Å². The topological polar surface area (TPSA) is 64.6 Å². The Morgan fingerprint density at radius 3 is 2.61 bits per heavy atom. The molecule has 1 aromatic carbocycles. The number of ether oxygens (including phenoxy) is 2. The van der Waals surface area contributed by atoms with Crippen molar-refractivity contribution in [1.29, 1.82) is 0 Å². The molecule has 1 aromatic rings. The van der Waals surface area contributed by atoms with Crippen molar-refractivity contribution in [2.24, 2.45) is 0 Å². The number of allylic oxidation sites excluding steroid dienone is 2. The lowest BCUT2D eigenvalue weighted by molar-refractivity contribution is -0.138. The zero-order chi connectivity index (χ0) is 17.4. The Kier molecular flexibility index (Phi) is 7.06. The van der Waals surface area contributed by atoms with Gasteiger partial charge in [-0.15, -0.1) is 6.58 Å². The number of esters is 1. The first-order valence-corrected chi connectivity index (χ1v) is 7.36. The molecule has 0 bridgehead atoms. The lowest BCUT2D eigenvalue weighted by Gasteiger charge is -2.15. The van der Waals surface area contributed by atoms with Gasteiger partial charge in [0, 0.05) is 5.57 Å². The molecule has 0 aliphatic heterocycles. The molecule has 1 rings (SSSR count). The molecular formula is C18H23NO4. The molecule has 0 aliphatic rings. The standard InChI is InChI=1S/C18H23NO4/c1-6-8-14-9-10-15(16(11-14)22-5)23-18(21)13(4)19-17(20)12(3)7-2/h6-7,9-11,13H,1,8H2,2-5H3,(H,19,20). The van der Waals surface area contributed by atoms with E-state index in [1.54, 1.807) is 45.1 Å². The molecule has 5 nitrogen and oxygen atoms in total. The summed E-state index contributed by atoms with van der Waals surface area (Å²) >= 11 is 0. The summed E-state index contributed by atoms with van der Waals surface area (Å²) in [5.74, 6) is -0.0858. The average molecular weight is 317 g/mol. The first-order valence-electron chi connectivity index (χ1n) is 7.36. The third-order valence-corrected chi connectivity index (χ3v) is 3.31. The highest BCUT2D eigenvalue weighted by Gasteiger charge is 2.20. The predicted octanol–water partition coefficient (Wildman–Crippen LogP) is 2.80. The average Bonchev–Trinajstić information content (AvgIpc) is 2.55. The van der Waals surface area contributed by atoms with Crippen LogP contribution >= 0.6 is 0 Å². The van der Waals surface area contributed by atoms with E-state index in [0.29, 0.717) is 23.5 Å². The fourth-order valence-corrected chi connectivity index (χ4v) is 1.79. The number of carbonyl (C=O) groups is 2. The third kappa shape index (κ3) is 5.29. The summed E-state index contributed by atoms with van der Waals surface area (Å²) in [5, 5.41) is 2.58. The zero-order valence-corrected chi connectivity index (χ0v) is 14.0. The Hall–Kier alpha value is -2.56. The van der Waals surface area contributed by atoms with Crippen LogP contribution in [0.5, 0.6) is 11.5 Å². The fourth-order valence-electron chi connectivity index (χ4n) is 1.79. The van der Waals surface area contributed by atoms with Crippen LogP contribution in [0.25, 0.3) is 0 Å². The predicted molar refractivity (Wildman–Crippen MR) is 89.6 cm³/mol. The van der Waals surface area contributed by atoms with Crippen molar-refractivity contribution in [1.82, 2.24) is 5.32 Å². The van der Waals surface area contributed by atoms with Crippen molar-refractivity contribution in [3.63, 3.8) is 0 Å². The monoisotopic (exact) mass is 317 g/mol. The van der Waals surface area contributed by atoms with Crippen LogP contribution in [0.2, 0.25) is 0 Å². The highest BCUT2D eigenvalue weighted by atomic mass is 16.6. The summed E-state index contributed by atoms with van der Waals surface area (Å²) < 4.78 is 10.6. The molecule has 0 radical (unpaired) electrons. The van der Waals surface area contributed by atoms with Crippen LogP contribution in [0.1, 0.15) is 26.3 Å². The molecule has 0 saturated carbocycles. The number of methoxy groups -OCH3 is 1. The van der Waals surface area contributed by atoms with Crippen molar-refractivity contribution in [3.05, 3.63) is 48.1 Å². The number of hydrogen-bond acceptors (Lipinski definition) is 4. The second-order valence-electron chi connectivity index (χ2n) is 5.07. The van der Waals surface area contributed by atoms with E-state index in [-0.39, 0.29) is 5.91 Å². The molecule has 0 aliphatic carbocycles. The van der Waals surface area contributed by atoms with Gasteiger partial charge in [0.2, 0.25) is 5.91 Å². The molecule has 124 valence electrons. The minimum Gasteiger partial charge on any atom is -0.493 e. The van der Waals surface area contributed by atoms with Crippen molar-refractivity contribution in [2.75, 3.05) is 7.11 Å². The molecule has 1 N–H and O–H groups in total. The number of benzene rings is 1. The SMILES string of the molecule is C=CCc1ccc(OC(=O)C(C)NC(=O)C(C)=CC)c(OC)c1. The van der Waals surface area contributed by atoms with Gasteiger partial charge in [0.15, 0.2) is 11.5 Å². The molecule has 0 saturated heterocycles. The summed E-state index contributed by atoms with van der Waals surface area (Å²) in [6, 6.07) is 4.52. The van der Waals surface area contributed by atoms with Crippen LogP contribution in [0, 0.1) is 0 Å². The molecule has 23 heavy (non-hydrogen) atoms. The van der Waals surface area contributed by atoms with Crippen molar-refractivity contribution in [2.45, 2.75) is 33.2 Å². The summed E-state index contributed by atoms with van der Waals surface area (Å²) in [6.45, 7) is 8.69. The summed E-state index contributed by atoms with van der Waals surface area (Å²) in [5.41, 5.74) is 1.54. The maximum absolute atomic E-state index is 12.1. The van der Waals surface area contributed by atoms with Gasteiger partial charge in [-0.25, -0.2) is 4.79 Å². The van der Waals surface area contributed by atoms with Gasteiger partial charge < -0.3 is 14.8 Å². The first kappa shape index (κ1) is 18.5. The molecule has 1 unspecified atom stereocenters. The summed E-state index contributed by atoms with van der Waals surface area (Å²) in [6.07, 6.45) is 4.15. The van der Waals surface area contributed by atoms with E-state index in [1.807, 2.05) is 6.07 Å². The normalized spacial score (nSPS) is 12.3. The Balaban J connectivity index is 2.80. The molecule has 1 atom stereocenters. The molecule has 0 fully saturated rings. The van der Waals surface area contributed by atoms with Crippen LogP contribution in [0.15, 0.2) is 42.5 Å². The molecule has 5 heteroatoms. The zero-order valence-electron chi connectivity index (χ0n) is 14.0. The van der Waals surface area contributed by atoms with E-state index < -0.39 is 12.0 Å². The van der Waals surface area contributed by atoms with Gasteiger partial charge in [-0.1, -0.05) is 18.2 Å². The third-order valence-electron chi connectivity index (χ3n) is 3.31. The Bertz CT molecular complexity index is 619. The first-order chi connectivity index (χ1) is 10.9. The molecule has 0 spiro atoms. The molecule has 1 amide bonds. The number of hydrogen-bond donors (Lipinski definition) is 1. The van der Waals surface area contributed by atoms with Gasteiger partial charge in [-0.2, -0.15) is 0 Å². The van der Waals surface area contributed by atoms with Crippen molar-refractivity contribution >= 4 is 11.9 Å². The fraction of sp³-hybridized carbons (Fsp3) is 0.333. The Morgan fingerprint density at radius 1 is 1.35 bits per heavy atom. The molecular weight excluding hydrogens is 294 g/mol. The highest BCUT2D eigenvalue weighted by molar-refractivity contribution is 5.95. The second kappa shape index (κ2) is 8.78. The van der Waals surface area contributed by atoms with E-state index in [9.17, 15) is 9.59 Å². The maximum atomic E-state index is 12.1. The minimum atomic E-state index is -0.769. The van der Waals surface area contributed by atoms with E-state index in [4.69, 9.17) is 9.47 Å². The van der Waals surface area contributed by atoms with Gasteiger partial charge in [0.25, 0.3) is 0 Å². The van der Waals surface area contributed by atoms with Crippen molar-refractivity contribution in [3.8, 4) is 11.5 Å².